The first kappa shape index (κ1) is 18.7. The fourth-order valence-corrected chi connectivity index (χ4v) is 4.51. The minimum absolute atomic E-state index is 0.00255. The van der Waals surface area contributed by atoms with E-state index in [2.05, 4.69) is 39.0 Å². The second kappa shape index (κ2) is 8.14. The number of nitrogens with one attached hydrogen (secondary N) is 1. The summed E-state index contributed by atoms with van der Waals surface area (Å²) >= 11 is 1.36. The van der Waals surface area contributed by atoms with Gasteiger partial charge >= 0.3 is 0 Å². The molecule has 3 aromatic rings. The molecule has 1 aliphatic rings. The van der Waals surface area contributed by atoms with Crippen LogP contribution in [-0.4, -0.2) is 31.9 Å². The number of nitrogens with zero attached hydrogens (tertiary/aromatic N) is 4. The van der Waals surface area contributed by atoms with E-state index >= 15 is 0 Å². The molecule has 0 fully saturated rings. The number of benzene rings is 2. The Morgan fingerprint density at radius 2 is 1.96 bits per heavy atom. The lowest BCUT2D eigenvalue weighted by Crippen LogP contribution is -2.32. The summed E-state index contributed by atoms with van der Waals surface area (Å²) in [6.07, 6.45) is 3.16. The molecule has 144 valence electrons. The lowest BCUT2D eigenvalue weighted by Gasteiger charge is -2.26. The maximum atomic E-state index is 12.6. The van der Waals surface area contributed by atoms with Crippen molar-refractivity contribution in [3.05, 3.63) is 64.7 Å². The number of thioether (sulfide) groups is 1. The monoisotopic (exact) mass is 393 g/mol. The summed E-state index contributed by atoms with van der Waals surface area (Å²) in [6.45, 7) is 4.07. The minimum atomic E-state index is 0.00255. The molecule has 1 aromatic heterocycles. The summed E-state index contributed by atoms with van der Waals surface area (Å²) in [5.41, 5.74) is 5.74. The predicted octanol–water partition coefficient (Wildman–Crippen LogP) is 3.57. The molecule has 0 bridgehead atoms. The van der Waals surface area contributed by atoms with Crippen LogP contribution in [0.2, 0.25) is 0 Å². The quantitative estimate of drug-likeness (QED) is 0.671. The number of aryl methyl sites for hydroxylation is 3. The zero-order valence-electron chi connectivity index (χ0n) is 16.1. The minimum Gasteiger partial charge on any atom is -0.349 e. The molecule has 2 aromatic carbocycles. The van der Waals surface area contributed by atoms with E-state index in [9.17, 15) is 4.79 Å². The number of amides is 1. The van der Waals surface area contributed by atoms with Crippen LogP contribution < -0.4 is 5.32 Å². The van der Waals surface area contributed by atoms with Gasteiger partial charge in [-0.05, 0) is 65.8 Å². The Bertz CT molecular complexity index is 980. The fraction of sp³-hybridized carbons (Fsp3) is 0.333. The van der Waals surface area contributed by atoms with E-state index in [-0.39, 0.29) is 17.7 Å². The third kappa shape index (κ3) is 3.80. The summed E-state index contributed by atoms with van der Waals surface area (Å²) in [7, 11) is 0. The number of tetrazole rings is 1. The van der Waals surface area contributed by atoms with Gasteiger partial charge in [0.15, 0.2) is 0 Å². The maximum absolute atomic E-state index is 12.6. The number of hydrogen-bond donors (Lipinski definition) is 1. The Balaban J connectivity index is 1.44. The van der Waals surface area contributed by atoms with Gasteiger partial charge in [0.25, 0.3) is 0 Å². The number of rotatable bonds is 5. The molecule has 1 atom stereocenters. The van der Waals surface area contributed by atoms with Gasteiger partial charge in [-0.25, -0.2) is 0 Å². The molecule has 0 saturated heterocycles. The Morgan fingerprint density at radius 1 is 1.18 bits per heavy atom. The van der Waals surface area contributed by atoms with Gasteiger partial charge in [-0.15, -0.1) is 5.10 Å². The van der Waals surface area contributed by atoms with Crippen LogP contribution in [0.4, 0.5) is 0 Å². The second-order valence-corrected chi connectivity index (χ2v) is 8.06. The van der Waals surface area contributed by atoms with E-state index < -0.39 is 0 Å². The molecule has 0 radical (unpaired) electrons. The van der Waals surface area contributed by atoms with E-state index in [0.717, 1.165) is 36.1 Å². The number of carbonyl (C=O) groups is 1. The van der Waals surface area contributed by atoms with Gasteiger partial charge in [-0.1, -0.05) is 54.2 Å². The summed E-state index contributed by atoms with van der Waals surface area (Å²) in [4.78, 5) is 12.6. The molecule has 0 spiro atoms. The maximum Gasteiger partial charge on any atom is 0.230 e. The normalized spacial score (nSPS) is 15.9. The number of para-hydroxylation sites is 1. The highest BCUT2D eigenvalue weighted by atomic mass is 32.2. The lowest BCUT2D eigenvalue weighted by molar-refractivity contribution is -0.119. The lowest BCUT2D eigenvalue weighted by atomic mass is 9.88. The molecule has 1 N–H and O–H groups in total. The van der Waals surface area contributed by atoms with Gasteiger partial charge in [0.1, 0.15) is 0 Å². The van der Waals surface area contributed by atoms with Gasteiger partial charge in [0.2, 0.25) is 11.1 Å². The molecule has 1 heterocycles. The third-order valence-electron chi connectivity index (χ3n) is 5.13. The molecule has 4 rings (SSSR count). The van der Waals surface area contributed by atoms with E-state index in [1.54, 1.807) is 4.68 Å². The van der Waals surface area contributed by atoms with Crippen LogP contribution in [0.25, 0.3) is 5.69 Å². The van der Waals surface area contributed by atoms with Crippen LogP contribution in [0.5, 0.6) is 0 Å². The van der Waals surface area contributed by atoms with Crippen molar-refractivity contribution in [2.75, 3.05) is 5.75 Å². The van der Waals surface area contributed by atoms with E-state index in [1.807, 2.05) is 38.1 Å². The number of aromatic nitrogens is 4. The Hall–Kier alpha value is -2.67. The molecule has 0 aliphatic heterocycles. The van der Waals surface area contributed by atoms with Crippen molar-refractivity contribution in [2.45, 2.75) is 44.3 Å². The Labute approximate surface area is 168 Å². The smallest absolute Gasteiger partial charge is 0.230 e. The van der Waals surface area contributed by atoms with E-state index in [4.69, 9.17) is 0 Å². The van der Waals surface area contributed by atoms with Crippen molar-refractivity contribution >= 4 is 17.7 Å². The molecular weight excluding hydrogens is 370 g/mol. The van der Waals surface area contributed by atoms with Crippen LogP contribution >= 0.6 is 11.8 Å². The molecule has 6 nitrogen and oxygen atoms in total. The summed E-state index contributed by atoms with van der Waals surface area (Å²) in [6, 6.07) is 14.5. The molecule has 7 heteroatoms. The first-order valence-electron chi connectivity index (χ1n) is 9.48. The van der Waals surface area contributed by atoms with Crippen molar-refractivity contribution in [1.82, 2.24) is 25.5 Å². The van der Waals surface area contributed by atoms with Crippen molar-refractivity contribution in [1.29, 1.82) is 0 Å². The Kier molecular flexibility index (Phi) is 5.43. The highest BCUT2D eigenvalue weighted by molar-refractivity contribution is 7.99. The second-order valence-electron chi connectivity index (χ2n) is 7.11. The summed E-state index contributed by atoms with van der Waals surface area (Å²) in [5, 5.41) is 15.9. The molecular formula is C21H23N5OS. The summed E-state index contributed by atoms with van der Waals surface area (Å²) in [5.74, 6) is 0.284. The highest BCUT2D eigenvalue weighted by Crippen LogP contribution is 2.30. The van der Waals surface area contributed by atoms with Gasteiger partial charge in [-0.2, -0.15) is 4.68 Å². The first-order chi connectivity index (χ1) is 13.6. The zero-order chi connectivity index (χ0) is 19.5. The first-order valence-corrected chi connectivity index (χ1v) is 10.5. The fourth-order valence-electron chi connectivity index (χ4n) is 3.82. The SMILES string of the molecule is Cc1cccc(C)c1-n1nnnc1SCC(=O)NC1CCCc2ccccc21. The number of carbonyl (C=O) groups excluding carboxylic acids is 1. The van der Waals surface area contributed by atoms with Gasteiger partial charge in [0, 0.05) is 0 Å². The van der Waals surface area contributed by atoms with Gasteiger partial charge in [0.05, 0.1) is 17.5 Å². The van der Waals surface area contributed by atoms with Crippen molar-refractivity contribution < 1.29 is 4.79 Å². The van der Waals surface area contributed by atoms with E-state index in [1.165, 1.54) is 22.9 Å². The van der Waals surface area contributed by atoms with Crippen LogP contribution in [0.15, 0.2) is 47.6 Å². The number of hydrogen-bond acceptors (Lipinski definition) is 5. The molecule has 28 heavy (non-hydrogen) atoms. The zero-order valence-corrected chi connectivity index (χ0v) is 16.9. The number of fused-ring (bicyclic) bond motifs is 1. The van der Waals surface area contributed by atoms with Crippen LogP contribution in [-0.2, 0) is 11.2 Å². The van der Waals surface area contributed by atoms with Crippen molar-refractivity contribution in [3.63, 3.8) is 0 Å². The predicted molar refractivity (Wildman–Crippen MR) is 110 cm³/mol. The average molecular weight is 394 g/mol. The molecule has 1 unspecified atom stereocenters. The third-order valence-corrected chi connectivity index (χ3v) is 6.05. The average Bonchev–Trinajstić information content (AvgIpc) is 3.15. The topological polar surface area (TPSA) is 72.7 Å². The molecule has 0 saturated carbocycles. The largest absolute Gasteiger partial charge is 0.349 e. The van der Waals surface area contributed by atoms with Crippen molar-refractivity contribution in [3.8, 4) is 5.69 Å². The van der Waals surface area contributed by atoms with Crippen LogP contribution in [0, 0.1) is 13.8 Å². The molecule has 1 aliphatic carbocycles. The van der Waals surface area contributed by atoms with E-state index in [0.29, 0.717) is 5.16 Å². The standard InChI is InChI=1S/C21H23N5OS/c1-14-7-5-8-15(2)20(14)26-21(23-24-25-26)28-13-19(27)22-18-12-6-10-16-9-3-4-11-17(16)18/h3-5,7-9,11,18H,6,10,12-13H2,1-2H3,(H,22,27). The van der Waals surface area contributed by atoms with Crippen LogP contribution in [0.1, 0.15) is 41.1 Å². The summed E-state index contributed by atoms with van der Waals surface area (Å²) < 4.78 is 1.72. The van der Waals surface area contributed by atoms with Gasteiger partial charge in [-0.3, -0.25) is 4.79 Å². The van der Waals surface area contributed by atoms with Crippen LogP contribution in [0.3, 0.4) is 0 Å². The Morgan fingerprint density at radius 3 is 2.79 bits per heavy atom. The highest BCUT2D eigenvalue weighted by Gasteiger charge is 2.22. The van der Waals surface area contributed by atoms with Gasteiger partial charge < -0.3 is 5.32 Å². The molecule has 1 amide bonds. The van der Waals surface area contributed by atoms with Crippen molar-refractivity contribution in [2.24, 2.45) is 0 Å².